The molecule has 0 aromatic carbocycles. The smallest absolute Gasteiger partial charge is 0.417 e. The third-order valence-electron chi connectivity index (χ3n) is 7.34. The first-order chi connectivity index (χ1) is 19.9. The number of ether oxygens (including phenoxy) is 1. The SMILES string of the molecule is CN(C(=O)OC(C)(C)C)C1CCCN(c2c(Br)cnc3c2c(NC(=O)c2ccc(=O)n(C)c2)c(C(C)(C)C)n3C(=O)O)C1. The maximum Gasteiger partial charge on any atom is 0.417 e. The highest BCUT2D eigenvalue weighted by atomic mass is 79.9. The largest absolute Gasteiger partial charge is 0.464 e. The summed E-state index contributed by atoms with van der Waals surface area (Å²) in [6.45, 7) is 12.1. The summed E-state index contributed by atoms with van der Waals surface area (Å²) in [5, 5.41) is 13.8. The number of pyridine rings is 2. The van der Waals surface area contributed by atoms with Crippen molar-refractivity contribution in [3.05, 3.63) is 50.6 Å². The van der Waals surface area contributed by atoms with Gasteiger partial charge in [-0.15, -0.1) is 0 Å². The molecule has 3 aromatic heterocycles. The molecule has 1 aliphatic rings. The number of nitrogens with zero attached hydrogens (tertiary/aromatic N) is 5. The number of carbonyl (C=O) groups is 3. The molecule has 4 heterocycles. The highest BCUT2D eigenvalue weighted by Crippen LogP contribution is 2.45. The molecule has 13 heteroatoms. The van der Waals surface area contributed by atoms with Crippen LogP contribution in [0.1, 0.15) is 70.4 Å². The Balaban J connectivity index is 1.89. The highest BCUT2D eigenvalue weighted by molar-refractivity contribution is 9.10. The minimum Gasteiger partial charge on any atom is -0.464 e. The Labute approximate surface area is 258 Å². The number of hydrogen-bond donors (Lipinski definition) is 2. The summed E-state index contributed by atoms with van der Waals surface area (Å²) in [5.41, 5.74) is 0.121. The Hall–Kier alpha value is -3.87. The van der Waals surface area contributed by atoms with Crippen molar-refractivity contribution in [2.24, 2.45) is 7.05 Å². The Kier molecular flexibility index (Phi) is 8.70. The number of aromatic nitrogens is 3. The number of anilines is 2. The number of hydrogen-bond acceptors (Lipinski definition) is 7. The van der Waals surface area contributed by atoms with Gasteiger partial charge in [0.2, 0.25) is 5.56 Å². The molecular weight excluding hydrogens is 620 g/mol. The fourth-order valence-electron chi connectivity index (χ4n) is 5.40. The van der Waals surface area contributed by atoms with Crippen LogP contribution in [0.4, 0.5) is 21.0 Å². The van der Waals surface area contributed by atoms with E-state index in [9.17, 15) is 24.3 Å². The lowest BCUT2D eigenvalue weighted by molar-refractivity contribution is 0.0209. The van der Waals surface area contributed by atoms with E-state index in [4.69, 9.17) is 4.74 Å². The minimum absolute atomic E-state index is 0.175. The maximum atomic E-state index is 13.6. The molecule has 0 bridgehead atoms. The van der Waals surface area contributed by atoms with Crippen molar-refractivity contribution >= 4 is 56.4 Å². The first-order valence-electron chi connectivity index (χ1n) is 14.1. The van der Waals surface area contributed by atoms with Crippen LogP contribution in [0.5, 0.6) is 0 Å². The van der Waals surface area contributed by atoms with E-state index in [1.807, 2.05) is 41.5 Å². The van der Waals surface area contributed by atoms with Gasteiger partial charge in [0.05, 0.1) is 38.5 Å². The van der Waals surface area contributed by atoms with Gasteiger partial charge in [0.25, 0.3) is 5.91 Å². The van der Waals surface area contributed by atoms with E-state index < -0.39 is 29.1 Å². The normalized spacial score (nSPS) is 15.8. The number of rotatable bonds is 4. The number of amides is 2. The molecule has 4 rings (SSSR count). The summed E-state index contributed by atoms with van der Waals surface area (Å²) in [7, 11) is 3.27. The summed E-state index contributed by atoms with van der Waals surface area (Å²) in [4.78, 5) is 59.4. The molecule has 232 valence electrons. The number of carbonyl (C=O) groups excluding carboxylic acids is 2. The van der Waals surface area contributed by atoms with Gasteiger partial charge in [-0.3, -0.25) is 9.59 Å². The van der Waals surface area contributed by atoms with E-state index in [0.29, 0.717) is 40.0 Å². The van der Waals surface area contributed by atoms with Crippen LogP contribution < -0.4 is 15.8 Å². The molecule has 1 aliphatic heterocycles. The van der Waals surface area contributed by atoms with Crippen LogP contribution in [-0.4, -0.2) is 74.0 Å². The number of piperidine rings is 1. The van der Waals surface area contributed by atoms with E-state index in [-0.39, 0.29) is 22.8 Å². The number of likely N-dealkylation sites (N-methyl/N-ethyl adjacent to an activating group) is 1. The standard InChI is InChI=1S/C30H39BrN6O6/c1-29(2,3)24-22(33-26(39)17-11-12-20(38)34(7)15-17)21-23(19(31)14-32-25(21)37(24)27(40)41)36-13-9-10-18(16-36)35(8)28(42)43-30(4,5)6/h11-12,14-15,18H,9-10,13,16H2,1-8H3,(H,33,39)(H,40,41). The molecule has 43 heavy (non-hydrogen) atoms. The van der Waals surface area contributed by atoms with Crippen molar-refractivity contribution < 1.29 is 24.2 Å². The van der Waals surface area contributed by atoms with Crippen molar-refractivity contribution in [2.45, 2.75) is 71.4 Å². The van der Waals surface area contributed by atoms with Crippen LogP contribution in [0.3, 0.4) is 0 Å². The van der Waals surface area contributed by atoms with Gasteiger partial charge in [0.15, 0.2) is 5.65 Å². The van der Waals surface area contributed by atoms with Gasteiger partial charge < -0.3 is 29.5 Å². The van der Waals surface area contributed by atoms with E-state index >= 15 is 0 Å². The lowest BCUT2D eigenvalue weighted by atomic mass is 9.90. The third kappa shape index (κ3) is 6.56. The van der Waals surface area contributed by atoms with Gasteiger partial charge >= 0.3 is 12.2 Å². The monoisotopic (exact) mass is 658 g/mol. The third-order valence-corrected chi connectivity index (χ3v) is 7.92. The van der Waals surface area contributed by atoms with Gasteiger partial charge in [0, 0.05) is 51.1 Å². The average Bonchev–Trinajstić information content (AvgIpc) is 3.23. The predicted molar refractivity (Wildman–Crippen MR) is 168 cm³/mol. The van der Waals surface area contributed by atoms with Gasteiger partial charge in [-0.2, -0.15) is 0 Å². The van der Waals surface area contributed by atoms with E-state index in [2.05, 4.69) is 31.1 Å². The number of halogens is 1. The van der Waals surface area contributed by atoms with E-state index in [1.165, 1.54) is 22.9 Å². The second-order valence-electron chi connectivity index (χ2n) is 12.9. The average molecular weight is 660 g/mol. The quantitative estimate of drug-likeness (QED) is 0.379. The second kappa shape index (κ2) is 11.7. The van der Waals surface area contributed by atoms with E-state index in [0.717, 1.165) is 17.4 Å². The number of fused-ring (bicyclic) bond motifs is 1. The van der Waals surface area contributed by atoms with Crippen molar-refractivity contribution in [1.29, 1.82) is 0 Å². The highest BCUT2D eigenvalue weighted by Gasteiger charge is 2.36. The molecule has 2 amide bonds. The molecular formula is C30H39BrN6O6. The van der Waals surface area contributed by atoms with Crippen LogP contribution in [-0.2, 0) is 17.2 Å². The molecule has 0 spiro atoms. The zero-order valence-electron chi connectivity index (χ0n) is 25.8. The van der Waals surface area contributed by atoms with Crippen molar-refractivity contribution in [3.63, 3.8) is 0 Å². The van der Waals surface area contributed by atoms with Crippen LogP contribution in [0, 0.1) is 0 Å². The molecule has 0 aliphatic carbocycles. The predicted octanol–water partition coefficient (Wildman–Crippen LogP) is 5.41. The molecule has 1 atom stereocenters. The van der Waals surface area contributed by atoms with Gasteiger partial charge in [-0.1, -0.05) is 20.8 Å². The van der Waals surface area contributed by atoms with E-state index in [1.54, 1.807) is 25.2 Å². The molecule has 3 aromatic rings. The molecule has 1 fully saturated rings. The first-order valence-corrected chi connectivity index (χ1v) is 14.9. The summed E-state index contributed by atoms with van der Waals surface area (Å²) in [6.07, 6.45) is 2.86. The number of aryl methyl sites for hydroxylation is 1. The van der Waals surface area contributed by atoms with Gasteiger partial charge in [-0.05, 0) is 55.6 Å². The Morgan fingerprint density at radius 1 is 1.16 bits per heavy atom. The zero-order valence-corrected chi connectivity index (χ0v) is 27.4. The lowest BCUT2D eigenvalue weighted by Crippen LogP contribution is -2.50. The fourth-order valence-corrected chi connectivity index (χ4v) is 5.95. The van der Waals surface area contributed by atoms with Crippen molar-refractivity contribution in [2.75, 3.05) is 30.4 Å². The second-order valence-corrected chi connectivity index (χ2v) is 13.8. The van der Waals surface area contributed by atoms with Gasteiger partial charge in [-0.25, -0.2) is 19.1 Å². The van der Waals surface area contributed by atoms with Crippen LogP contribution in [0.2, 0.25) is 0 Å². The Morgan fingerprint density at radius 3 is 2.42 bits per heavy atom. The van der Waals surface area contributed by atoms with Crippen LogP contribution >= 0.6 is 15.9 Å². The van der Waals surface area contributed by atoms with Crippen molar-refractivity contribution in [3.8, 4) is 0 Å². The fraction of sp³-hybridized carbons (Fsp3) is 0.500. The molecule has 2 N–H and O–H groups in total. The van der Waals surface area contributed by atoms with Crippen LogP contribution in [0.25, 0.3) is 11.0 Å². The molecule has 1 saturated heterocycles. The van der Waals surface area contributed by atoms with Crippen molar-refractivity contribution in [1.82, 2.24) is 19.0 Å². The lowest BCUT2D eigenvalue weighted by Gasteiger charge is -2.39. The Morgan fingerprint density at radius 2 is 1.84 bits per heavy atom. The molecule has 1 unspecified atom stereocenters. The summed E-state index contributed by atoms with van der Waals surface area (Å²) in [5.74, 6) is -0.502. The molecule has 0 saturated carbocycles. The maximum absolute atomic E-state index is 13.6. The number of carboxylic acid groups (broad SMARTS) is 1. The first kappa shape index (κ1) is 32.1. The molecule has 12 nitrogen and oxygen atoms in total. The summed E-state index contributed by atoms with van der Waals surface area (Å²) < 4.78 is 8.64. The van der Waals surface area contributed by atoms with Gasteiger partial charge in [0.1, 0.15) is 5.60 Å². The zero-order chi connectivity index (χ0) is 32.0. The number of nitrogens with one attached hydrogen (secondary N) is 1. The minimum atomic E-state index is -1.24. The topological polar surface area (TPSA) is 139 Å². The Bertz CT molecular complexity index is 1650. The van der Waals surface area contributed by atoms with Crippen LogP contribution in [0.15, 0.2) is 33.8 Å². The summed E-state index contributed by atoms with van der Waals surface area (Å²) >= 11 is 3.65. The molecule has 0 radical (unpaired) electrons. The summed E-state index contributed by atoms with van der Waals surface area (Å²) in [6, 6.07) is 2.56.